The highest BCUT2D eigenvalue weighted by Crippen LogP contribution is 2.54. The minimum atomic E-state index is -1.05. The summed E-state index contributed by atoms with van der Waals surface area (Å²) in [5.74, 6) is -3.27. The molecular formula is C28H42O7. The Kier molecular flexibility index (Phi) is 9.87. The van der Waals surface area contributed by atoms with Crippen LogP contribution in [0.25, 0.3) is 0 Å². The molecule has 2 aliphatic carbocycles. The summed E-state index contributed by atoms with van der Waals surface area (Å²) in [6, 6.07) is 0. The fraction of sp³-hybridized carbons (Fsp3) is 0.714. The van der Waals surface area contributed by atoms with E-state index in [1.165, 1.54) is 13.0 Å². The number of carbonyl (C=O) groups is 4. The molecule has 0 N–H and O–H groups in total. The first-order valence-electron chi connectivity index (χ1n) is 12.8. The lowest BCUT2D eigenvalue weighted by Crippen LogP contribution is -2.45. The third kappa shape index (κ3) is 6.42. The van der Waals surface area contributed by atoms with E-state index in [4.69, 9.17) is 14.2 Å². The summed E-state index contributed by atoms with van der Waals surface area (Å²) >= 11 is 0. The Labute approximate surface area is 209 Å². The Hall–Kier alpha value is -2.44. The third-order valence-electron chi connectivity index (χ3n) is 7.74. The minimum Gasteiger partial charge on any atom is -0.462 e. The molecule has 0 heterocycles. The van der Waals surface area contributed by atoms with E-state index in [9.17, 15) is 19.2 Å². The predicted molar refractivity (Wildman–Crippen MR) is 132 cm³/mol. The van der Waals surface area contributed by atoms with Crippen molar-refractivity contribution in [2.45, 2.75) is 93.0 Å². The van der Waals surface area contributed by atoms with Crippen molar-refractivity contribution < 1.29 is 33.4 Å². The molecule has 7 nitrogen and oxygen atoms in total. The number of hydrogen-bond acceptors (Lipinski definition) is 7. The van der Waals surface area contributed by atoms with Crippen LogP contribution in [0.2, 0.25) is 0 Å². The van der Waals surface area contributed by atoms with Crippen molar-refractivity contribution >= 4 is 23.7 Å². The predicted octanol–water partition coefficient (Wildman–Crippen LogP) is 4.83. The molecule has 0 aromatic heterocycles. The van der Waals surface area contributed by atoms with Gasteiger partial charge in [-0.15, -0.1) is 0 Å². The van der Waals surface area contributed by atoms with Crippen LogP contribution in [0.3, 0.4) is 0 Å². The smallest absolute Gasteiger partial charge is 0.331 e. The molecule has 2 fully saturated rings. The van der Waals surface area contributed by atoms with Crippen molar-refractivity contribution in [3.63, 3.8) is 0 Å². The van der Waals surface area contributed by atoms with Gasteiger partial charge in [-0.05, 0) is 56.4 Å². The SMILES string of the molecule is C=C1[C@@H]2[C@H]([C@H]([C@H](C)OC(C)=O)C(=O)[C@@H]2OC(=O)[C@@H](C)CC)[C@@H](C(C)C)C[C@@H]1OC(=O)/C=C(\C)CC. The molecule has 0 spiro atoms. The lowest BCUT2D eigenvalue weighted by molar-refractivity contribution is -0.161. The van der Waals surface area contributed by atoms with E-state index in [0.29, 0.717) is 18.4 Å². The van der Waals surface area contributed by atoms with Crippen LogP contribution in [0, 0.1) is 35.5 Å². The fourth-order valence-electron chi connectivity index (χ4n) is 5.46. The quantitative estimate of drug-likeness (QED) is 0.198. The monoisotopic (exact) mass is 490 g/mol. The summed E-state index contributed by atoms with van der Waals surface area (Å²) in [5.41, 5.74) is 1.48. The summed E-state index contributed by atoms with van der Waals surface area (Å²) < 4.78 is 17.1. The average Bonchev–Trinajstić information content (AvgIpc) is 3.06. The normalized spacial score (nSPS) is 30.5. The molecule has 2 aliphatic rings. The van der Waals surface area contributed by atoms with E-state index in [2.05, 4.69) is 20.4 Å². The molecule has 0 unspecified atom stereocenters. The van der Waals surface area contributed by atoms with E-state index in [1.54, 1.807) is 13.8 Å². The van der Waals surface area contributed by atoms with E-state index < -0.39 is 48.1 Å². The van der Waals surface area contributed by atoms with Crippen LogP contribution < -0.4 is 0 Å². The first kappa shape index (κ1) is 28.8. The maximum atomic E-state index is 13.7. The molecule has 0 aromatic rings. The molecule has 7 heteroatoms. The van der Waals surface area contributed by atoms with Crippen molar-refractivity contribution in [3.05, 3.63) is 23.8 Å². The van der Waals surface area contributed by atoms with E-state index in [-0.39, 0.29) is 29.5 Å². The largest absolute Gasteiger partial charge is 0.462 e. The molecular weight excluding hydrogens is 448 g/mol. The number of ketones is 1. The van der Waals surface area contributed by atoms with Crippen molar-refractivity contribution in [1.29, 1.82) is 0 Å². The number of hydrogen-bond donors (Lipinski definition) is 0. The van der Waals surface area contributed by atoms with Gasteiger partial charge in [0.25, 0.3) is 0 Å². The zero-order chi connectivity index (χ0) is 26.6. The molecule has 196 valence electrons. The van der Waals surface area contributed by atoms with Crippen molar-refractivity contribution in [2.24, 2.45) is 35.5 Å². The molecule has 8 atom stereocenters. The van der Waals surface area contributed by atoms with Crippen LogP contribution in [-0.4, -0.2) is 42.0 Å². The van der Waals surface area contributed by atoms with Crippen LogP contribution >= 0.6 is 0 Å². The lowest BCUT2D eigenvalue weighted by Gasteiger charge is -2.44. The Morgan fingerprint density at radius 2 is 1.71 bits per heavy atom. The summed E-state index contributed by atoms with van der Waals surface area (Å²) in [6.45, 7) is 18.9. The summed E-state index contributed by atoms with van der Waals surface area (Å²) in [6.07, 6.45) is 0.978. The second-order valence-corrected chi connectivity index (χ2v) is 10.5. The molecule has 0 saturated heterocycles. The summed E-state index contributed by atoms with van der Waals surface area (Å²) in [7, 11) is 0. The van der Waals surface area contributed by atoms with Gasteiger partial charge >= 0.3 is 17.9 Å². The van der Waals surface area contributed by atoms with Crippen LogP contribution in [0.5, 0.6) is 0 Å². The van der Waals surface area contributed by atoms with Crippen LogP contribution in [0.1, 0.15) is 74.7 Å². The average molecular weight is 491 g/mol. The number of rotatable bonds is 9. The molecule has 0 aromatic carbocycles. The summed E-state index contributed by atoms with van der Waals surface area (Å²) in [4.78, 5) is 50.8. The zero-order valence-corrected chi connectivity index (χ0v) is 22.5. The fourth-order valence-corrected chi connectivity index (χ4v) is 5.46. The molecule has 0 amide bonds. The van der Waals surface area contributed by atoms with Gasteiger partial charge in [-0.3, -0.25) is 14.4 Å². The van der Waals surface area contributed by atoms with Gasteiger partial charge in [0.1, 0.15) is 12.2 Å². The second kappa shape index (κ2) is 12.0. The number of esters is 3. The number of allylic oxidation sites excluding steroid dienone is 1. The third-order valence-corrected chi connectivity index (χ3v) is 7.74. The van der Waals surface area contributed by atoms with E-state index >= 15 is 0 Å². The molecule has 2 saturated carbocycles. The topological polar surface area (TPSA) is 96.0 Å². The highest BCUT2D eigenvalue weighted by Gasteiger charge is 2.61. The summed E-state index contributed by atoms with van der Waals surface area (Å²) in [5, 5.41) is 0. The first-order chi connectivity index (χ1) is 16.3. The van der Waals surface area contributed by atoms with E-state index in [0.717, 1.165) is 12.0 Å². The number of Topliss-reactive ketones (excluding diaryl/α,β-unsaturated/α-hetero) is 1. The lowest BCUT2D eigenvalue weighted by atomic mass is 9.63. The standard InChI is InChI=1S/C28H42O7/c1-10-15(5)12-22(30)34-21-13-20(14(3)4)25-23(17(21)7)27(35-28(32)16(6)11-2)26(31)24(25)18(8)33-19(9)29/h12,14,16,18,20-21,23-25,27H,7,10-11,13H2,1-6,8-9H3/b15-12+/t16-,18-,20+,21-,23+,24-,25+,27+/m0/s1. The van der Waals surface area contributed by atoms with Gasteiger partial charge in [0.2, 0.25) is 0 Å². The Bertz CT molecular complexity index is 871. The van der Waals surface area contributed by atoms with Crippen LogP contribution in [0.15, 0.2) is 23.8 Å². The maximum Gasteiger partial charge on any atom is 0.331 e. The van der Waals surface area contributed by atoms with Gasteiger partial charge in [-0.1, -0.05) is 46.8 Å². The van der Waals surface area contributed by atoms with Crippen molar-refractivity contribution in [1.82, 2.24) is 0 Å². The van der Waals surface area contributed by atoms with Gasteiger partial charge in [-0.25, -0.2) is 4.79 Å². The minimum absolute atomic E-state index is 0.0289. The molecule has 2 rings (SSSR count). The Balaban J connectivity index is 2.50. The van der Waals surface area contributed by atoms with Gasteiger partial charge in [0.15, 0.2) is 11.9 Å². The highest BCUT2D eigenvalue weighted by atomic mass is 16.6. The van der Waals surface area contributed by atoms with Gasteiger partial charge in [0, 0.05) is 18.9 Å². The number of ether oxygens (including phenoxy) is 3. The Morgan fingerprint density at radius 1 is 1.09 bits per heavy atom. The molecule has 35 heavy (non-hydrogen) atoms. The van der Waals surface area contributed by atoms with Gasteiger partial charge in [-0.2, -0.15) is 0 Å². The second-order valence-electron chi connectivity index (χ2n) is 10.5. The Morgan fingerprint density at radius 3 is 2.23 bits per heavy atom. The molecule has 0 radical (unpaired) electrons. The van der Waals surface area contributed by atoms with Crippen molar-refractivity contribution in [2.75, 3.05) is 0 Å². The van der Waals surface area contributed by atoms with E-state index in [1.807, 2.05) is 20.8 Å². The van der Waals surface area contributed by atoms with Crippen LogP contribution in [-0.2, 0) is 33.4 Å². The number of carbonyl (C=O) groups excluding carboxylic acids is 4. The number of fused-ring (bicyclic) bond motifs is 1. The molecule has 0 bridgehead atoms. The highest BCUT2D eigenvalue weighted by molar-refractivity contribution is 5.92. The maximum absolute atomic E-state index is 13.7. The molecule has 0 aliphatic heterocycles. The van der Waals surface area contributed by atoms with Gasteiger partial charge < -0.3 is 14.2 Å². The van der Waals surface area contributed by atoms with Crippen LogP contribution in [0.4, 0.5) is 0 Å². The van der Waals surface area contributed by atoms with Crippen molar-refractivity contribution in [3.8, 4) is 0 Å². The van der Waals surface area contributed by atoms with Gasteiger partial charge in [0.05, 0.1) is 11.8 Å². The zero-order valence-electron chi connectivity index (χ0n) is 22.5. The first-order valence-corrected chi connectivity index (χ1v) is 12.8.